The first-order valence-electron chi connectivity index (χ1n) is 4.69. The van der Waals surface area contributed by atoms with E-state index < -0.39 is 6.29 Å². The molecule has 0 aliphatic carbocycles. The van der Waals surface area contributed by atoms with Crippen LogP contribution in [0.4, 0.5) is 5.13 Å². The number of thiazole rings is 1. The summed E-state index contributed by atoms with van der Waals surface area (Å²) < 4.78 is 5.09. The zero-order chi connectivity index (χ0) is 12.0. The van der Waals surface area contributed by atoms with Crippen LogP contribution < -0.4 is 5.73 Å². The van der Waals surface area contributed by atoms with Gasteiger partial charge in [0.25, 0.3) is 0 Å². The highest BCUT2D eigenvalue weighted by Crippen LogP contribution is 2.11. The maximum Gasteiger partial charge on any atom is 0.223 e. The van der Waals surface area contributed by atoms with Crippen molar-refractivity contribution in [1.82, 2.24) is 4.98 Å². The Kier molecular flexibility index (Phi) is 4.87. The molecule has 0 bridgehead atoms. The number of carbonyl (C=O) groups excluding carboxylic acids is 1. The summed E-state index contributed by atoms with van der Waals surface area (Å²) in [6, 6.07) is 0. The summed E-state index contributed by atoms with van der Waals surface area (Å²) in [6.45, 7) is 4.03. The molecule has 0 spiro atoms. The number of aldehydes is 1. The molecule has 88 valence electrons. The summed E-state index contributed by atoms with van der Waals surface area (Å²) in [4.78, 5) is 19.6. The van der Waals surface area contributed by atoms with Crippen molar-refractivity contribution in [3.05, 3.63) is 11.1 Å². The van der Waals surface area contributed by atoms with Gasteiger partial charge in [0.2, 0.25) is 6.29 Å². The van der Waals surface area contributed by atoms with Crippen molar-refractivity contribution in [1.29, 1.82) is 0 Å². The fourth-order valence-electron chi connectivity index (χ4n) is 0.930. The molecule has 0 saturated carbocycles. The number of carbonyl (C=O) groups is 1. The van der Waals surface area contributed by atoms with Gasteiger partial charge in [0.15, 0.2) is 17.1 Å². The predicted octanol–water partition coefficient (Wildman–Crippen LogP) is 1.03. The van der Waals surface area contributed by atoms with E-state index in [1.807, 2.05) is 6.92 Å². The Morgan fingerprint density at radius 1 is 1.81 bits per heavy atom. The Labute approximate surface area is 97.1 Å². The molecule has 0 radical (unpaired) electrons. The third kappa shape index (κ3) is 3.59. The van der Waals surface area contributed by atoms with Gasteiger partial charge in [-0.3, -0.25) is 4.79 Å². The minimum absolute atomic E-state index is 0.0968. The molecule has 2 N–H and O–H groups in total. The molecule has 1 heterocycles. The number of aromatic nitrogens is 1. The standard InChI is InChI=1S/C9H13N3O3S/c1-3-14-6(2)15-12-7(4-13)8-5-16-9(10)11-8/h4-6H,3H2,1-2H3,(H2,10,11). The van der Waals surface area contributed by atoms with Crippen LogP contribution in [0.2, 0.25) is 0 Å². The third-order valence-corrected chi connectivity index (χ3v) is 2.27. The average molecular weight is 243 g/mol. The van der Waals surface area contributed by atoms with E-state index in [1.165, 1.54) is 11.3 Å². The molecule has 1 aromatic heterocycles. The maximum absolute atomic E-state index is 10.8. The topological polar surface area (TPSA) is 86.8 Å². The number of oxime groups is 1. The smallest absolute Gasteiger partial charge is 0.223 e. The highest BCUT2D eigenvalue weighted by molar-refractivity contribution is 7.13. The molecule has 0 saturated heterocycles. The normalized spacial score (nSPS) is 13.5. The predicted molar refractivity (Wildman–Crippen MR) is 61.3 cm³/mol. The largest absolute Gasteiger partial charge is 0.375 e. The fourth-order valence-corrected chi connectivity index (χ4v) is 1.49. The second kappa shape index (κ2) is 6.19. The molecule has 0 aliphatic rings. The lowest BCUT2D eigenvalue weighted by molar-refractivity contribution is -0.126. The second-order valence-corrected chi connectivity index (χ2v) is 3.68. The minimum Gasteiger partial charge on any atom is -0.375 e. The van der Waals surface area contributed by atoms with Gasteiger partial charge < -0.3 is 15.3 Å². The quantitative estimate of drug-likeness (QED) is 0.349. The monoisotopic (exact) mass is 243 g/mol. The molecule has 1 rings (SSSR count). The zero-order valence-corrected chi connectivity index (χ0v) is 9.86. The molecule has 1 aromatic rings. The molecular formula is C9H13N3O3S. The van der Waals surface area contributed by atoms with Crippen LogP contribution in [0.5, 0.6) is 0 Å². The van der Waals surface area contributed by atoms with Crippen LogP contribution in [0.25, 0.3) is 0 Å². The fraction of sp³-hybridized carbons (Fsp3) is 0.444. The van der Waals surface area contributed by atoms with Gasteiger partial charge in [0, 0.05) is 18.9 Å². The molecule has 6 nitrogen and oxygen atoms in total. The average Bonchev–Trinajstić information content (AvgIpc) is 2.66. The van der Waals surface area contributed by atoms with Crippen molar-refractivity contribution in [2.24, 2.45) is 5.16 Å². The van der Waals surface area contributed by atoms with E-state index >= 15 is 0 Å². The summed E-state index contributed by atoms with van der Waals surface area (Å²) >= 11 is 1.23. The Bertz CT molecular complexity index is 378. The van der Waals surface area contributed by atoms with Crippen molar-refractivity contribution in [3.63, 3.8) is 0 Å². The van der Waals surface area contributed by atoms with E-state index in [2.05, 4.69) is 10.1 Å². The van der Waals surface area contributed by atoms with Crippen LogP contribution in [0.1, 0.15) is 19.5 Å². The first-order valence-corrected chi connectivity index (χ1v) is 5.57. The van der Waals surface area contributed by atoms with E-state index in [1.54, 1.807) is 12.3 Å². The van der Waals surface area contributed by atoms with Crippen LogP contribution in [0.3, 0.4) is 0 Å². The summed E-state index contributed by atoms with van der Waals surface area (Å²) in [6.07, 6.45) is 0.0589. The Morgan fingerprint density at radius 3 is 3.06 bits per heavy atom. The van der Waals surface area contributed by atoms with Gasteiger partial charge >= 0.3 is 0 Å². The summed E-state index contributed by atoms with van der Waals surface area (Å²) in [5, 5.41) is 5.67. The zero-order valence-electron chi connectivity index (χ0n) is 9.04. The van der Waals surface area contributed by atoms with Gasteiger partial charge in [-0.05, 0) is 6.92 Å². The van der Waals surface area contributed by atoms with E-state index in [4.69, 9.17) is 15.3 Å². The third-order valence-electron chi connectivity index (χ3n) is 1.60. The second-order valence-electron chi connectivity index (χ2n) is 2.79. The molecular weight excluding hydrogens is 230 g/mol. The first-order chi connectivity index (χ1) is 7.67. The summed E-state index contributed by atoms with van der Waals surface area (Å²) in [5.41, 5.74) is 5.95. The summed E-state index contributed by atoms with van der Waals surface area (Å²) in [7, 11) is 0. The number of nitrogens with two attached hydrogens (primary N) is 1. The number of rotatable bonds is 6. The lowest BCUT2D eigenvalue weighted by atomic mass is 10.3. The van der Waals surface area contributed by atoms with E-state index in [0.717, 1.165) is 0 Å². The van der Waals surface area contributed by atoms with Gasteiger partial charge in [-0.15, -0.1) is 11.3 Å². The van der Waals surface area contributed by atoms with Crippen LogP contribution in [-0.2, 0) is 14.4 Å². The number of hydrogen-bond acceptors (Lipinski definition) is 7. The minimum atomic E-state index is -0.504. The molecule has 1 unspecified atom stereocenters. The number of anilines is 1. The van der Waals surface area contributed by atoms with Gasteiger partial charge in [0.1, 0.15) is 5.69 Å². The van der Waals surface area contributed by atoms with Crippen LogP contribution >= 0.6 is 11.3 Å². The van der Waals surface area contributed by atoms with E-state index in [9.17, 15) is 4.79 Å². The van der Waals surface area contributed by atoms with Crippen LogP contribution in [-0.4, -0.2) is 29.9 Å². The molecule has 1 atom stereocenters. The lowest BCUT2D eigenvalue weighted by Crippen LogP contribution is -2.12. The Morgan fingerprint density at radius 2 is 2.56 bits per heavy atom. The van der Waals surface area contributed by atoms with Crippen molar-refractivity contribution >= 4 is 28.5 Å². The SMILES string of the molecule is CCOC(C)ON=C(C=O)c1csc(N)n1. The van der Waals surface area contributed by atoms with Gasteiger partial charge in [-0.25, -0.2) is 4.98 Å². The Balaban J connectivity index is 2.67. The number of ether oxygens (including phenoxy) is 1. The molecule has 0 aliphatic heterocycles. The molecule has 7 heteroatoms. The first kappa shape index (κ1) is 12.6. The van der Waals surface area contributed by atoms with E-state index in [0.29, 0.717) is 23.7 Å². The van der Waals surface area contributed by atoms with Gasteiger partial charge in [-0.2, -0.15) is 0 Å². The highest BCUT2D eigenvalue weighted by atomic mass is 32.1. The number of nitrogen functional groups attached to an aromatic ring is 1. The van der Waals surface area contributed by atoms with Crippen molar-refractivity contribution in [3.8, 4) is 0 Å². The van der Waals surface area contributed by atoms with Crippen molar-refractivity contribution in [2.45, 2.75) is 20.1 Å². The van der Waals surface area contributed by atoms with Crippen molar-refractivity contribution < 1.29 is 14.4 Å². The molecule has 0 aromatic carbocycles. The maximum atomic E-state index is 10.8. The Hall–Kier alpha value is -1.47. The molecule has 0 fully saturated rings. The lowest BCUT2D eigenvalue weighted by Gasteiger charge is -2.08. The molecule has 0 amide bonds. The van der Waals surface area contributed by atoms with Gasteiger partial charge in [0.05, 0.1) is 0 Å². The van der Waals surface area contributed by atoms with E-state index in [-0.39, 0.29) is 5.71 Å². The molecule has 16 heavy (non-hydrogen) atoms. The highest BCUT2D eigenvalue weighted by Gasteiger charge is 2.08. The van der Waals surface area contributed by atoms with Gasteiger partial charge in [-0.1, -0.05) is 5.16 Å². The van der Waals surface area contributed by atoms with Crippen LogP contribution in [0.15, 0.2) is 10.5 Å². The number of hydrogen-bond donors (Lipinski definition) is 1. The van der Waals surface area contributed by atoms with Crippen molar-refractivity contribution in [2.75, 3.05) is 12.3 Å². The summed E-state index contributed by atoms with van der Waals surface area (Å²) in [5.74, 6) is 0. The van der Waals surface area contributed by atoms with Crippen LogP contribution in [0, 0.1) is 0 Å². The number of nitrogens with zero attached hydrogens (tertiary/aromatic N) is 2.